The number of aromatic amines is 1. The predicted molar refractivity (Wildman–Crippen MR) is 95.8 cm³/mol. The number of amides is 1. The van der Waals surface area contributed by atoms with Crippen molar-refractivity contribution in [3.05, 3.63) is 64.8 Å². The van der Waals surface area contributed by atoms with Crippen LogP contribution in [0.15, 0.2) is 47.2 Å². The molecule has 1 aromatic carbocycles. The second kappa shape index (κ2) is 5.36. The molecule has 5 nitrogen and oxygen atoms in total. The lowest BCUT2D eigenvalue weighted by molar-refractivity contribution is 0.0703. The number of halogens is 1. The molecule has 0 radical (unpaired) electrons. The Kier molecular flexibility index (Phi) is 3.12. The van der Waals surface area contributed by atoms with E-state index in [1.165, 1.54) is 12.0 Å². The molecule has 0 saturated heterocycles. The minimum absolute atomic E-state index is 0.0782. The van der Waals surface area contributed by atoms with Gasteiger partial charge in [-0.15, -0.1) is 0 Å². The zero-order valence-electron chi connectivity index (χ0n) is 13.3. The van der Waals surface area contributed by atoms with E-state index in [9.17, 15) is 4.79 Å². The zero-order chi connectivity index (χ0) is 17.0. The SMILES string of the molecule is O=C(c1ccco1)N1CCc2[nH]c3c(cnc4cc(Cl)ccc43)c2C1. The van der Waals surface area contributed by atoms with Gasteiger partial charge in [-0.25, -0.2) is 0 Å². The smallest absolute Gasteiger partial charge is 0.289 e. The van der Waals surface area contributed by atoms with E-state index < -0.39 is 0 Å². The summed E-state index contributed by atoms with van der Waals surface area (Å²) in [6.45, 7) is 1.21. The number of fused-ring (bicyclic) bond motifs is 5. The molecule has 0 spiro atoms. The Morgan fingerprint density at radius 1 is 1.28 bits per heavy atom. The lowest BCUT2D eigenvalue weighted by atomic mass is 10.0. The van der Waals surface area contributed by atoms with Crippen molar-refractivity contribution in [1.29, 1.82) is 0 Å². The minimum atomic E-state index is -0.0782. The van der Waals surface area contributed by atoms with Crippen molar-refractivity contribution in [2.24, 2.45) is 0 Å². The number of rotatable bonds is 1. The largest absolute Gasteiger partial charge is 0.459 e. The van der Waals surface area contributed by atoms with E-state index in [0.29, 0.717) is 23.9 Å². The number of pyridine rings is 1. The molecule has 1 aliphatic rings. The van der Waals surface area contributed by atoms with E-state index in [2.05, 4.69) is 9.97 Å². The number of carbonyl (C=O) groups is 1. The average molecular weight is 352 g/mol. The lowest BCUT2D eigenvalue weighted by Gasteiger charge is -2.26. The summed E-state index contributed by atoms with van der Waals surface area (Å²) < 4.78 is 5.25. The van der Waals surface area contributed by atoms with Crippen LogP contribution in [0.3, 0.4) is 0 Å². The molecule has 3 aromatic heterocycles. The summed E-state index contributed by atoms with van der Waals surface area (Å²) in [5, 5.41) is 2.77. The van der Waals surface area contributed by atoms with Crippen LogP contribution in [-0.2, 0) is 13.0 Å². The van der Waals surface area contributed by atoms with Crippen molar-refractivity contribution in [3.8, 4) is 0 Å². The molecular formula is C19H14ClN3O2. The fourth-order valence-electron chi connectivity index (χ4n) is 3.56. The van der Waals surface area contributed by atoms with Crippen molar-refractivity contribution >= 4 is 39.3 Å². The Labute approximate surface area is 148 Å². The van der Waals surface area contributed by atoms with Gasteiger partial charge in [0.25, 0.3) is 5.91 Å². The van der Waals surface area contributed by atoms with Crippen LogP contribution in [0.5, 0.6) is 0 Å². The number of furan rings is 1. The Balaban J connectivity index is 1.60. The first-order valence-corrected chi connectivity index (χ1v) is 8.49. The number of H-pyrrole nitrogens is 1. The number of benzene rings is 1. The van der Waals surface area contributed by atoms with Gasteiger partial charge in [-0.3, -0.25) is 9.78 Å². The number of hydrogen-bond acceptors (Lipinski definition) is 3. The molecule has 1 aliphatic heterocycles. The van der Waals surface area contributed by atoms with Crippen LogP contribution in [0, 0.1) is 0 Å². The maximum Gasteiger partial charge on any atom is 0.289 e. The number of carbonyl (C=O) groups excluding carboxylic acids is 1. The van der Waals surface area contributed by atoms with Crippen molar-refractivity contribution in [1.82, 2.24) is 14.9 Å². The van der Waals surface area contributed by atoms with Gasteiger partial charge in [-0.1, -0.05) is 11.6 Å². The number of hydrogen-bond donors (Lipinski definition) is 1. The third kappa shape index (κ3) is 2.23. The molecule has 0 fully saturated rings. The molecule has 0 atom stereocenters. The standard InChI is InChI=1S/C19H14ClN3O2/c20-11-3-4-12-16(8-11)21-9-13-14-10-23(6-5-15(14)22-18(12)13)19(24)17-2-1-7-25-17/h1-4,7-9,22H,5-6,10H2. The molecular weight excluding hydrogens is 338 g/mol. The van der Waals surface area contributed by atoms with Crippen LogP contribution in [0.25, 0.3) is 21.8 Å². The molecule has 0 saturated carbocycles. The molecule has 6 heteroatoms. The quantitative estimate of drug-likeness (QED) is 0.560. The molecule has 0 bridgehead atoms. The van der Waals surface area contributed by atoms with E-state index >= 15 is 0 Å². The first-order chi connectivity index (χ1) is 12.2. The number of aromatic nitrogens is 2. The highest BCUT2D eigenvalue weighted by atomic mass is 35.5. The van der Waals surface area contributed by atoms with Gasteiger partial charge in [0.15, 0.2) is 5.76 Å². The predicted octanol–water partition coefficient (Wildman–Crippen LogP) is 4.16. The third-order valence-electron chi connectivity index (χ3n) is 4.80. The second-order valence-corrected chi connectivity index (χ2v) is 6.68. The molecule has 0 unspecified atom stereocenters. The van der Waals surface area contributed by atoms with E-state index in [4.69, 9.17) is 16.0 Å². The van der Waals surface area contributed by atoms with E-state index in [1.54, 1.807) is 12.1 Å². The van der Waals surface area contributed by atoms with Crippen LogP contribution in [0.4, 0.5) is 0 Å². The van der Waals surface area contributed by atoms with E-state index in [-0.39, 0.29) is 5.91 Å². The van der Waals surface area contributed by atoms with Gasteiger partial charge >= 0.3 is 0 Å². The van der Waals surface area contributed by atoms with Gasteiger partial charge in [-0.05, 0) is 30.3 Å². The normalized spacial score (nSPS) is 14.2. The maximum atomic E-state index is 12.6. The van der Waals surface area contributed by atoms with Crippen molar-refractivity contribution < 1.29 is 9.21 Å². The Morgan fingerprint density at radius 2 is 2.20 bits per heavy atom. The summed E-state index contributed by atoms with van der Waals surface area (Å²) in [6.07, 6.45) is 4.17. The van der Waals surface area contributed by atoms with Gasteiger partial charge in [0.05, 0.1) is 17.3 Å². The number of nitrogens with zero attached hydrogens (tertiary/aromatic N) is 2. The van der Waals surface area contributed by atoms with Crippen LogP contribution in [-0.4, -0.2) is 27.3 Å². The first kappa shape index (κ1) is 14.5. The van der Waals surface area contributed by atoms with E-state index in [0.717, 1.165) is 33.8 Å². The first-order valence-electron chi connectivity index (χ1n) is 8.11. The molecule has 1 N–H and O–H groups in total. The Morgan fingerprint density at radius 3 is 3.04 bits per heavy atom. The second-order valence-electron chi connectivity index (χ2n) is 6.24. The van der Waals surface area contributed by atoms with Gasteiger partial charge in [-0.2, -0.15) is 0 Å². The van der Waals surface area contributed by atoms with Crippen molar-refractivity contribution in [3.63, 3.8) is 0 Å². The van der Waals surface area contributed by atoms with Gasteiger partial charge < -0.3 is 14.3 Å². The van der Waals surface area contributed by atoms with Gasteiger partial charge in [0.1, 0.15) is 0 Å². The van der Waals surface area contributed by atoms with E-state index in [1.807, 2.05) is 29.3 Å². The van der Waals surface area contributed by atoms with Crippen LogP contribution in [0.2, 0.25) is 5.02 Å². The molecule has 4 heterocycles. The van der Waals surface area contributed by atoms with Crippen LogP contribution >= 0.6 is 11.6 Å². The highest BCUT2D eigenvalue weighted by Crippen LogP contribution is 2.32. The van der Waals surface area contributed by atoms with Crippen LogP contribution in [0.1, 0.15) is 21.8 Å². The Hall–Kier alpha value is -2.79. The molecule has 4 aromatic rings. The summed E-state index contributed by atoms with van der Waals surface area (Å²) in [6, 6.07) is 9.16. The van der Waals surface area contributed by atoms with Crippen LogP contribution < -0.4 is 0 Å². The molecule has 5 rings (SSSR count). The summed E-state index contributed by atoms with van der Waals surface area (Å²) >= 11 is 6.07. The zero-order valence-corrected chi connectivity index (χ0v) is 14.0. The monoisotopic (exact) mass is 351 g/mol. The summed E-state index contributed by atoms with van der Waals surface area (Å²) in [7, 11) is 0. The summed E-state index contributed by atoms with van der Waals surface area (Å²) in [5.41, 5.74) is 4.22. The lowest BCUT2D eigenvalue weighted by Crippen LogP contribution is -2.35. The fourth-order valence-corrected chi connectivity index (χ4v) is 3.73. The van der Waals surface area contributed by atoms with Gasteiger partial charge in [0, 0.05) is 52.8 Å². The average Bonchev–Trinajstić information content (AvgIpc) is 3.28. The molecule has 0 aliphatic carbocycles. The number of nitrogens with one attached hydrogen (secondary N) is 1. The highest BCUT2D eigenvalue weighted by Gasteiger charge is 2.26. The molecule has 124 valence electrons. The summed E-state index contributed by atoms with van der Waals surface area (Å²) in [4.78, 5) is 22.5. The minimum Gasteiger partial charge on any atom is -0.459 e. The fraction of sp³-hybridized carbons (Fsp3) is 0.158. The molecule has 25 heavy (non-hydrogen) atoms. The van der Waals surface area contributed by atoms with Crippen molar-refractivity contribution in [2.75, 3.05) is 6.54 Å². The summed E-state index contributed by atoms with van der Waals surface area (Å²) in [5.74, 6) is 0.298. The van der Waals surface area contributed by atoms with Crippen molar-refractivity contribution in [2.45, 2.75) is 13.0 Å². The topological polar surface area (TPSA) is 62.1 Å². The van der Waals surface area contributed by atoms with Gasteiger partial charge in [0.2, 0.25) is 0 Å². The maximum absolute atomic E-state index is 12.6. The third-order valence-corrected chi connectivity index (χ3v) is 5.03. The Bertz CT molecular complexity index is 1110. The highest BCUT2D eigenvalue weighted by molar-refractivity contribution is 6.31. The molecule has 1 amide bonds.